The zero-order valence-electron chi connectivity index (χ0n) is 10.9. The van der Waals surface area contributed by atoms with Crippen LogP contribution < -0.4 is 10.1 Å². The van der Waals surface area contributed by atoms with Gasteiger partial charge in [0.15, 0.2) is 0 Å². The molecule has 3 nitrogen and oxygen atoms in total. The minimum Gasteiger partial charge on any atom is -0.497 e. The van der Waals surface area contributed by atoms with Crippen LogP contribution in [0.2, 0.25) is 0 Å². The number of methoxy groups -OCH3 is 1. The third kappa shape index (κ3) is 4.45. The highest BCUT2D eigenvalue weighted by Gasteiger charge is 2.07. The number of anilines is 1. The van der Waals surface area contributed by atoms with Crippen LogP contribution in [0.5, 0.6) is 5.75 Å². The first-order valence-corrected chi connectivity index (χ1v) is 7.07. The maximum atomic E-state index is 12.1. The first-order chi connectivity index (χ1) is 9.67. The molecule has 1 heterocycles. The van der Waals surface area contributed by atoms with E-state index < -0.39 is 5.76 Å². The first-order valence-electron chi connectivity index (χ1n) is 6.02. The second kappa shape index (κ2) is 7.19. The number of hydrogen-bond donors (Lipinski definition) is 1. The molecule has 2 aromatic rings. The van der Waals surface area contributed by atoms with Gasteiger partial charge in [-0.25, -0.2) is 0 Å². The molecule has 2 rings (SSSR count). The van der Waals surface area contributed by atoms with Crippen LogP contribution >= 0.6 is 11.8 Å². The van der Waals surface area contributed by atoms with E-state index in [0.717, 1.165) is 11.4 Å². The monoisotopic (exact) mass is 299 g/mol. The fourth-order valence-corrected chi connectivity index (χ4v) is 2.11. The Morgan fingerprint density at radius 3 is 2.80 bits per heavy atom. The summed E-state index contributed by atoms with van der Waals surface area (Å²) in [5.41, 5.74) is 0.907. The Morgan fingerprint density at radius 1 is 1.25 bits per heavy atom. The van der Waals surface area contributed by atoms with E-state index in [0.29, 0.717) is 29.8 Å². The Bertz CT molecular complexity index is 545. The molecule has 0 spiro atoms. The fourth-order valence-electron chi connectivity index (χ4n) is 1.66. The molecule has 108 valence electrons. The normalized spacial score (nSPS) is 10.8. The Morgan fingerprint density at radius 2 is 2.05 bits per heavy atom. The summed E-state index contributed by atoms with van der Waals surface area (Å²) in [5.74, 6) is -0.172. The average Bonchev–Trinajstić information content (AvgIpc) is 2.91. The molecule has 0 aliphatic carbocycles. The van der Waals surface area contributed by atoms with Crippen molar-refractivity contribution in [2.75, 3.05) is 12.4 Å². The summed E-state index contributed by atoms with van der Waals surface area (Å²) in [5, 5.41) is 3.19. The van der Waals surface area contributed by atoms with E-state index in [1.54, 1.807) is 19.2 Å². The van der Waals surface area contributed by atoms with Crippen LogP contribution in [0.25, 0.3) is 0 Å². The lowest BCUT2D eigenvalue weighted by Gasteiger charge is -2.06. The second-order valence-electron chi connectivity index (χ2n) is 4.03. The Labute approximate surface area is 120 Å². The molecule has 0 radical (unpaired) electrons. The first kappa shape index (κ1) is 14.7. The second-order valence-corrected chi connectivity index (χ2v) is 5.00. The lowest BCUT2D eigenvalue weighted by atomic mass is 10.3. The molecule has 0 aliphatic rings. The zero-order chi connectivity index (χ0) is 14.4. The maximum absolute atomic E-state index is 12.1. The molecule has 0 bridgehead atoms. The summed E-state index contributed by atoms with van der Waals surface area (Å²) >= 11 is 0.553. The van der Waals surface area contributed by atoms with Gasteiger partial charge in [0.2, 0.25) is 0 Å². The molecule has 0 fully saturated rings. The third-order valence-electron chi connectivity index (χ3n) is 2.61. The van der Waals surface area contributed by atoms with Gasteiger partial charge in [-0.15, -0.1) is 0 Å². The number of alkyl halides is 2. The molecule has 6 heteroatoms. The fraction of sp³-hybridized carbons (Fsp3) is 0.286. The van der Waals surface area contributed by atoms with Gasteiger partial charge in [-0.3, -0.25) is 0 Å². The van der Waals surface area contributed by atoms with Gasteiger partial charge >= 0.3 is 0 Å². The van der Waals surface area contributed by atoms with E-state index in [1.165, 1.54) is 0 Å². The van der Waals surface area contributed by atoms with Crippen molar-refractivity contribution in [2.45, 2.75) is 18.1 Å². The summed E-state index contributed by atoms with van der Waals surface area (Å²) in [6, 6.07) is 11.0. The Balaban J connectivity index is 1.87. The summed E-state index contributed by atoms with van der Waals surface area (Å²) in [6.07, 6.45) is 0. The van der Waals surface area contributed by atoms with Crippen molar-refractivity contribution in [1.82, 2.24) is 0 Å². The van der Waals surface area contributed by atoms with Crippen molar-refractivity contribution in [3.63, 3.8) is 0 Å². The number of rotatable bonds is 7. The molecule has 1 aromatic heterocycles. The van der Waals surface area contributed by atoms with E-state index in [-0.39, 0.29) is 5.75 Å². The lowest BCUT2D eigenvalue weighted by molar-refractivity contribution is 0.251. The average molecular weight is 299 g/mol. The van der Waals surface area contributed by atoms with Crippen LogP contribution in [0.3, 0.4) is 0 Å². The van der Waals surface area contributed by atoms with Crippen LogP contribution in [0, 0.1) is 0 Å². The molecule has 0 saturated heterocycles. The number of halogens is 2. The van der Waals surface area contributed by atoms with Crippen LogP contribution in [-0.4, -0.2) is 12.9 Å². The van der Waals surface area contributed by atoms with Gasteiger partial charge in [0, 0.05) is 11.8 Å². The smallest absolute Gasteiger partial charge is 0.284 e. The van der Waals surface area contributed by atoms with Crippen LogP contribution in [0.4, 0.5) is 14.5 Å². The van der Waals surface area contributed by atoms with Gasteiger partial charge < -0.3 is 14.5 Å². The quantitative estimate of drug-likeness (QED) is 0.824. The summed E-state index contributed by atoms with van der Waals surface area (Å²) in [4.78, 5) is 0. The molecule has 1 aromatic carbocycles. The van der Waals surface area contributed by atoms with Gasteiger partial charge in [-0.1, -0.05) is 17.8 Å². The van der Waals surface area contributed by atoms with Gasteiger partial charge in [0.25, 0.3) is 5.76 Å². The van der Waals surface area contributed by atoms with E-state index in [2.05, 4.69) is 5.32 Å². The highest BCUT2D eigenvalue weighted by atomic mass is 32.2. The minimum atomic E-state index is -2.38. The summed E-state index contributed by atoms with van der Waals surface area (Å²) < 4.78 is 34.7. The number of nitrogens with one attached hydrogen (secondary N) is 1. The SMILES string of the molecule is COc1cccc(NCc2ccc(CSC(F)F)o2)c1. The highest BCUT2D eigenvalue weighted by Crippen LogP contribution is 2.22. The van der Waals surface area contributed by atoms with Crippen LogP contribution in [-0.2, 0) is 12.3 Å². The number of furan rings is 1. The van der Waals surface area contributed by atoms with E-state index in [9.17, 15) is 8.78 Å². The predicted octanol–water partition coefficient (Wildman–Crippen LogP) is 4.36. The van der Waals surface area contributed by atoms with Crippen molar-refractivity contribution in [1.29, 1.82) is 0 Å². The summed E-state index contributed by atoms with van der Waals surface area (Å²) in [6.45, 7) is 0.493. The number of thioether (sulfide) groups is 1. The van der Waals surface area contributed by atoms with Crippen molar-refractivity contribution in [2.24, 2.45) is 0 Å². The molecular formula is C14H15F2NO2S. The van der Waals surface area contributed by atoms with Gasteiger partial charge in [0.05, 0.1) is 19.4 Å². The number of ether oxygens (including phenoxy) is 1. The maximum Gasteiger partial charge on any atom is 0.284 e. The van der Waals surface area contributed by atoms with Gasteiger partial charge in [-0.2, -0.15) is 8.78 Å². The largest absolute Gasteiger partial charge is 0.497 e. The third-order valence-corrected chi connectivity index (χ3v) is 3.31. The minimum absolute atomic E-state index is 0.177. The van der Waals surface area contributed by atoms with Crippen LogP contribution in [0.1, 0.15) is 11.5 Å². The van der Waals surface area contributed by atoms with Crippen molar-refractivity contribution in [3.8, 4) is 5.75 Å². The molecule has 0 saturated carbocycles. The van der Waals surface area contributed by atoms with E-state index in [4.69, 9.17) is 9.15 Å². The van der Waals surface area contributed by atoms with E-state index >= 15 is 0 Å². The van der Waals surface area contributed by atoms with Crippen molar-refractivity contribution >= 4 is 17.4 Å². The molecule has 0 aliphatic heterocycles. The van der Waals surface area contributed by atoms with Crippen LogP contribution in [0.15, 0.2) is 40.8 Å². The Kier molecular flexibility index (Phi) is 5.29. The molecule has 20 heavy (non-hydrogen) atoms. The molecular weight excluding hydrogens is 284 g/mol. The number of hydrogen-bond acceptors (Lipinski definition) is 4. The van der Waals surface area contributed by atoms with Gasteiger partial charge in [0.1, 0.15) is 17.3 Å². The predicted molar refractivity (Wildman–Crippen MR) is 76.3 cm³/mol. The van der Waals surface area contributed by atoms with Gasteiger partial charge in [-0.05, 0) is 24.3 Å². The highest BCUT2D eigenvalue weighted by molar-refractivity contribution is 7.98. The topological polar surface area (TPSA) is 34.4 Å². The van der Waals surface area contributed by atoms with Crippen molar-refractivity contribution in [3.05, 3.63) is 47.9 Å². The summed E-state index contributed by atoms with van der Waals surface area (Å²) in [7, 11) is 1.61. The van der Waals surface area contributed by atoms with Crippen molar-refractivity contribution < 1.29 is 17.9 Å². The zero-order valence-corrected chi connectivity index (χ0v) is 11.8. The van der Waals surface area contributed by atoms with E-state index in [1.807, 2.05) is 24.3 Å². The lowest BCUT2D eigenvalue weighted by Crippen LogP contribution is -1.98. The molecule has 0 unspecified atom stereocenters. The molecule has 1 N–H and O–H groups in total. The molecule has 0 amide bonds. The Hall–Kier alpha value is -1.69. The number of benzene rings is 1. The standard InChI is InChI=1S/C14H15F2NO2S/c1-18-11-4-2-3-10(7-11)17-8-12-5-6-13(19-12)9-20-14(15)16/h2-7,14,17H,8-9H2,1H3. The molecule has 0 atom stereocenters.